The van der Waals surface area contributed by atoms with Crippen LogP contribution in [0.3, 0.4) is 0 Å². The van der Waals surface area contributed by atoms with Crippen molar-refractivity contribution in [3.63, 3.8) is 0 Å². The molecule has 1 aliphatic heterocycles. The molecule has 1 saturated heterocycles. The van der Waals surface area contributed by atoms with Gasteiger partial charge in [-0.3, -0.25) is 4.79 Å². The molecule has 2 heterocycles. The summed E-state index contributed by atoms with van der Waals surface area (Å²) in [4.78, 5) is 19.9. The van der Waals surface area contributed by atoms with E-state index in [1.54, 1.807) is 31.3 Å². The number of aliphatic hydroxyl groups excluding tert-OH is 1. The molecule has 0 unspecified atom stereocenters. The molecule has 1 aliphatic rings. The summed E-state index contributed by atoms with van der Waals surface area (Å²) in [5.41, 5.74) is -0.409. The maximum atomic E-state index is 13.6. The number of hydrogen-bond donors (Lipinski definition) is 1. The fourth-order valence-corrected chi connectivity index (χ4v) is 3.62. The Morgan fingerprint density at radius 1 is 1.39 bits per heavy atom. The fraction of sp³-hybridized carbons (Fsp3) is 0.381. The monoisotopic (exact) mass is 434 g/mol. The van der Waals surface area contributed by atoms with Crippen LogP contribution in [0.15, 0.2) is 30.3 Å². The van der Waals surface area contributed by atoms with Crippen molar-refractivity contribution < 1.29 is 27.8 Å². The molecular formula is C21H21F3N4O3. The number of carbonyl (C=O) groups excluding carboxylic acids is 1. The molecule has 10 heteroatoms. The Balaban J connectivity index is 2.07. The molecule has 0 saturated carbocycles. The first-order valence-electron chi connectivity index (χ1n) is 9.42. The highest BCUT2D eigenvalue weighted by Gasteiger charge is 2.43. The number of halogens is 3. The van der Waals surface area contributed by atoms with Gasteiger partial charge >= 0.3 is 6.18 Å². The number of aromatic nitrogens is 1. The average molecular weight is 434 g/mol. The highest BCUT2D eigenvalue weighted by atomic mass is 19.4. The summed E-state index contributed by atoms with van der Waals surface area (Å²) in [5, 5.41) is 19.7. The Morgan fingerprint density at radius 2 is 2.10 bits per heavy atom. The number of β-amino-alcohol motifs (C(OH)–C–C–N with tert-alkyl or cyclic N) is 1. The SMILES string of the molecule is COc1cc(C(F)(F)F)c(C#N)c(N2C[C@@H](O)C[C@H]2C(=O)N(C)c2cccc(C)c2)n1. The topological polar surface area (TPSA) is 89.7 Å². The van der Waals surface area contributed by atoms with E-state index < -0.39 is 35.4 Å². The van der Waals surface area contributed by atoms with Gasteiger partial charge in [-0.05, 0) is 24.6 Å². The van der Waals surface area contributed by atoms with Gasteiger partial charge in [0.1, 0.15) is 17.7 Å². The Hall–Kier alpha value is -3.32. The number of ether oxygens (including phenoxy) is 1. The fourth-order valence-electron chi connectivity index (χ4n) is 3.62. The first-order valence-corrected chi connectivity index (χ1v) is 9.42. The predicted octanol–water partition coefficient (Wildman–Crippen LogP) is 2.89. The minimum atomic E-state index is -4.83. The summed E-state index contributed by atoms with van der Waals surface area (Å²) in [6.07, 6.45) is -5.82. The van der Waals surface area contributed by atoms with Gasteiger partial charge in [-0.15, -0.1) is 0 Å². The van der Waals surface area contributed by atoms with Crippen LogP contribution in [0, 0.1) is 18.3 Å². The molecule has 2 aromatic rings. The Morgan fingerprint density at radius 3 is 2.68 bits per heavy atom. The summed E-state index contributed by atoms with van der Waals surface area (Å²) >= 11 is 0. The number of nitrogens with zero attached hydrogens (tertiary/aromatic N) is 4. The van der Waals surface area contributed by atoms with Gasteiger partial charge in [0, 0.05) is 31.8 Å². The van der Waals surface area contributed by atoms with E-state index in [-0.39, 0.29) is 24.7 Å². The summed E-state index contributed by atoms with van der Waals surface area (Å²) in [6.45, 7) is 1.72. The van der Waals surface area contributed by atoms with E-state index in [4.69, 9.17) is 4.74 Å². The van der Waals surface area contributed by atoms with Crippen LogP contribution in [0.5, 0.6) is 5.88 Å². The number of pyridine rings is 1. The molecule has 0 bridgehead atoms. The van der Waals surface area contributed by atoms with E-state index >= 15 is 0 Å². The van der Waals surface area contributed by atoms with E-state index in [9.17, 15) is 28.3 Å². The Labute approximate surface area is 177 Å². The number of aliphatic hydroxyl groups is 1. The highest BCUT2D eigenvalue weighted by Crippen LogP contribution is 2.39. The number of alkyl halides is 3. The number of hydrogen-bond acceptors (Lipinski definition) is 6. The number of nitriles is 1. The molecule has 1 aromatic carbocycles. The van der Waals surface area contributed by atoms with Gasteiger partial charge in [-0.1, -0.05) is 12.1 Å². The quantitative estimate of drug-likeness (QED) is 0.796. The lowest BCUT2D eigenvalue weighted by molar-refractivity contribution is -0.137. The molecule has 1 aromatic heterocycles. The summed E-state index contributed by atoms with van der Waals surface area (Å²) in [7, 11) is 2.70. The average Bonchev–Trinajstić information content (AvgIpc) is 3.12. The van der Waals surface area contributed by atoms with E-state index in [0.29, 0.717) is 11.8 Å². The maximum Gasteiger partial charge on any atom is 0.418 e. The number of anilines is 2. The van der Waals surface area contributed by atoms with Crippen molar-refractivity contribution in [2.45, 2.75) is 31.7 Å². The van der Waals surface area contributed by atoms with Crippen LogP contribution < -0.4 is 14.5 Å². The van der Waals surface area contributed by atoms with Gasteiger partial charge in [-0.25, -0.2) is 0 Å². The van der Waals surface area contributed by atoms with Crippen LogP contribution in [-0.4, -0.2) is 48.8 Å². The van der Waals surface area contributed by atoms with Gasteiger partial charge in [0.05, 0.1) is 18.8 Å². The molecular weight excluding hydrogens is 413 g/mol. The second-order valence-electron chi connectivity index (χ2n) is 7.31. The molecule has 0 aliphatic carbocycles. The van der Waals surface area contributed by atoms with Crippen molar-refractivity contribution in [3.05, 3.63) is 47.0 Å². The normalized spacial score (nSPS) is 18.6. The number of methoxy groups -OCH3 is 1. The minimum Gasteiger partial charge on any atom is -0.481 e. The molecule has 0 spiro atoms. The van der Waals surface area contributed by atoms with Crippen LogP contribution in [0.25, 0.3) is 0 Å². The molecule has 3 rings (SSSR count). The van der Waals surface area contributed by atoms with Crippen molar-refractivity contribution in [1.29, 1.82) is 5.26 Å². The Bertz CT molecular complexity index is 1040. The third-order valence-electron chi connectivity index (χ3n) is 5.16. The first-order chi connectivity index (χ1) is 14.6. The number of likely N-dealkylation sites (N-methyl/N-ethyl adjacent to an activating group) is 1. The standard InChI is InChI=1S/C21H21F3N4O3/c1-12-5-4-6-13(7-12)27(2)20(30)17-8-14(29)11-28(17)19-15(10-25)16(21(22,23)24)9-18(26-19)31-3/h4-7,9,14,17,29H,8,11H2,1-3H3/t14-,17-/m0/s1. The maximum absolute atomic E-state index is 13.6. The van der Waals surface area contributed by atoms with Crippen molar-refractivity contribution >= 4 is 17.4 Å². The van der Waals surface area contributed by atoms with Crippen molar-refractivity contribution in [2.75, 3.05) is 30.5 Å². The zero-order chi connectivity index (χ0) is 22.9. The predicted molar refractivity (Wildman–Crippen MR) is 107 cm³/mol. The largest absolute Gasteiger partial charge is 0.481 e. The van der Waals surface area contributed by atoms with Gasteiger partial charge in [0.15, 0.2) is 5.82 Å². The molecule has 7 nitrogen and oxygen atoms in total. The minimum absolute atomic E-state index is 0.0138. The molecule has 1 N–H and O–H groups in total. The zero-order valence-electron chi connectivity index (χ0n) is 17.1. The van der Waals surface area contributed by atoms with Crippen LogP contribution in [0.2, 0.25) is 0 Å². The van der Waals surface area contributed by atoms with Crippen LogP contribution in [0.1, 0.15) is 23.1 Å². The van der Waals surface area contributed by atoms with Gasteiger partial charge < -0.3 is 19.6 Å². The Kier molecular flexibility index (Phi) is 6.08. The summed E-state index contributed by atoms with van der Waals surface area (Å²) in [5.74, 6) is -1.13. The van der Waals surface area contributed by atoms with E-state index in [0.717, 1.165) is 12.7 Å². The molecule has 164 valence electrons. The van der Waals surface area contributed by atoms with Gasteiger partial charge in [0.2, 0.25) is 11.8 Å². The second kappa shape index (κ2) is 8.43. The van der Waals surface area contributed by atoms with Crippen LogP contribution in [0.4, 0.5) is 24.7 Å². The van der Waals surface area contributed by atoms with E-state index in [2.05, 4.69) is 4.98 Å². The lowest BCUT2D eigenvalue weighted by Crippen LogP contribution is -2.45. The zero-order valence-corrected chi connectivity index (χ0v) is 17.1. The number of rotatable bonds is 4. The van der Waals surface area contributed by atoms with Gasteiger partial charge in [0.25, 0.3) is 0 Å². The van der Waals surface area contributed by atoms with Crippen molar-refractivity contribution in [3.8, 4) is 11.9 Å². The second-order valence-corrected chi connectivity index (χ2v) is 7.31. The summed E-state index contributed by atoms with van der Waals surface area (Å²) in [6, 6.07) is 8.36. The third kappa shape index (κ3) is 4.41. The first kappa shape index (κ1) is 22.4. The van der Waals surface area contributed by atoms with E-state index in [1.807, 2.05) is 13.0 Å². The van der Waals surface area contributed by atoms with Crippen molar-refractivity contribution in [1.82, 2.24) is 4.98 Å². The molecule has 31 heavy (non-hydrogen) atoms. The lowest BCUT2D eigenvalue weighted by Gasteiger charge is -2.30. The number of benzene rings is 1. The molecule has 2 atom stereocenters. The lowest BCUT2D eigenvalue weighted by atomic mass is 10.1. The van der Waals surface area contributed by atoms with Gasteiger partial charge in [-0.2, -0.15) is 23.4 Å². The van der Waals surface area contributed by atoms with Crippen molar-refractivity contribution in [2.24, 2.45) is 0 Å². The number of amides is 1. The highest BCUT2D eigenvalue weighted by molar-refractivity contribution is 5.99. The van der Waals surface area contributed by atoms with E-state index in [1.165, 1.54) is 9.80 Å². The number of carbonyl (C=O) groups is 1. The third-order valence-corrected chi connectivity index (χ3v) is 5.16. The summed E-state index contributed by atoms with van der Waals surface area (Å²) < 4.78 is 45.6. The smallest absolute Gasteiger partial charge is 0.418 e. The van der Waals surface area contributed by atoms with Crippen LogP contribution in [-0.2, 0) is 11.0 Å². The molecule has 0 radical (unpaired) electrons. The molecule has 1 fully saturated rings. The molecule has 1 amide bonds. The number of aryl methyl sites for hydroxylation is 1. The van der Waals surface area contributed by atoms with Crippen LogP contribution >= 0.6 is 0 Å².